The number of rotatable bonds is 2. The molecule has 2 aromatic rings. The topological polar surface area (TPSA) is 101 Å². The van der Waals surface area contributed by atoms with E-state index >= 15 is 0 Å². The molecular weight excluding hydrogens is 398 g/mol. The monoisotopic (exact) mass is 425 g/mol. The molecule has 0 spiro atoms. The van der Waals surface area contributed by atoms with Gasteiger partial charge in [0.25, 0.3) is 0 Å². The number of hydrogen-bond acceptors (Lipinski definition) is 6. The number of carbonyl (C=O) groups excluding carboxylic acids is 2. The summed E-state index contributed by atoms with van der Waals surface area (Å²) < 4.78 is 10.9. The van der Waals surface area contributed by atoms with Gasteiger partial charge in [-0.25, -0.2) is 14.6 Å². The van der Waals surface area contributed by atoms with Gasteiger partial charge in [0.05, 0.1) is 12.2 Å². The number of fused-ring (bicyclic) bond motifs is 1. The van der Waals surface area contributed by atoms with Gasteiger partial charge in [-0.15, -0.1) is 0 Å². The lowest BCUT2D eigenvalue weighted by Gasteiger charge is -2.35. The normalized spacial score (nSPS) is 18.6. The summed E-state index contributed by atoms with van der Waals surface area (Å²) in [6, 6.07) is 8.84. The molecule has 2 amide bonds. The molecule has 0 saturated carbocycles. The predicted octanol–water partition coefficient (Wildman–Crippen LogP) is 4.17. The predicted molar refractivity (Wildman–Crippen MR) is 114 cm³/mol. The Kier molecular flexibility index (Phi) is 5.47. The minimum atomic E-state index is -0.560. The molecule has 1 fully saturated rings. The fraction of sp³-hybridized carbons (Fsp3) is 0.435. The summed E-state index contributed by atoms with van der Waals surface area (Å²) in [5.74, 6) is 0.371. The Hall–Kier alpha value is -3.29. The van der Waals surface area contributed by atoms with Gasteiger partial charge in [-0.2, -0.15) is 0 Å². The number of aromatic nitrogens is 1. The van der Waals surface area contributed by atoms with Gasteiger partial charge in [-0.3, -0.25) is 0 Å². The third kappa shape index (κ3) is 4.57. The van der Waals surface area contributed by atoms with Gasteiger partial charge in [0.1, 0.15) is 11.4 Å². The first kappa shape index (κ1) is 21.0. The summed E-state index contributed by atoms with van der Waals surface area (Å²) in [5, 5.41) is 13.0. The molecule has 164 valence electrons. The number of carbonyl (C=O) groups is 2. The van der Waals surface area contributed by atoms with Crippen LogP contribution in [0.2, 0.25) is 0 Å². The lowest BCUT2D eigenvalue weighted by molar-refractivity contribution is 0.0198. The van der Waals surface area contributed by atoms with Crippen LogP contribution in [0.15, 0.2) is 30.3 Å². The Morgan fingerprint density at radius 2 is 2.10 bits per heavy atom. The zero-order valence-corrected chi connectivity index (χ0v) is 18.0. The molecule has 2 N–H and O–H groups in total. The Bertz CT molecular complexity index is 1010. The molecule has 1 aromatic carbocycles. The third-order valence-corrected chi connectivity index (χ3v) is 5.41. The average molecular weight is 425 g/mol. The van der Waals surface area contributed by atoms with E-state index in [4.69, 9.17) is 9.47 Å². The first-order valence-electron chi connectivity index (χ1n) is 10.5. The van der Waals surface area contributed by atoms with E-state index in [1.54, 1.807) is 23.1 Å². The standard InChI is InChI=1S/C23H27N3O5/c1-23(2,3)31-22(29)26-10-6-7-14(13-26)16-11-18(15-8-4-5-9-19(15)27)25-20-17(16)12-24-21(28)30-20/h4-5,8-9,11,14,27H,6-7,10,12-13H2,1-3H3,(H,24,28). The molecule has 0 aliphatic carbocycles. The SMILES string of the molecule is CC(C)(C)OC(=O)N1CCCC(c2cc(-c3ccccc3O)nc3c2CNC(=O)O3)C1. The average Bonchev–Trinajstić information content (AvgIpc) is 2.72. The van der Waals surface area contributed by atoms with Crippen molar-refractivity contribution in [1.82, 2.24) is 15.2 Å². The number of para-hydroxylation sites is 1. The van der Waals surface area contributed by atoms with Gasteiger partial charge < -0.3 is 24.8 Å². The number of nitrogens with one attached hydrogen (secondary N) is 1. The van der Waals surface area contributed by atoms with Crippen molar-refractivity contribution in [3.63, 3.8) is 0 Å². The summed E-state index contributed by atoms with van der Waals surface area (Å²) in [6.07, 6.45) is 0.828. The second-order valence-corrected chi connectivity index (χ2v) is 8.91. The van der Waals surface area contributed by atoms with Crippen LogP contribution < -0.4 is 10.1 Å². The molecule has 2 aliphatic rings. The highest BCUT2D eigenvalue weighted by atomic mass is 16.6. The zero-order valence-electron chi connectivity index (χ0n) is 18.0. The fourth-order valence-electron chi connectivity index (χ4n) is 4.03. The number of piperidine rings is 1. The molecule has 4 rings (SSSR count). The molecule has 2 aliphatic heterocycles. The van der Waals surface area contributed by atoms with Crippen molar-refractivity contribution in [3.8, 4) is 22.9 Å². The van der Waals surface area contributed by atoms with E-state index in [0.717, 1.165) is 24.0 Å². The Labute approximate surface area is 181 Å². The van der Waals surface area contributed by atoms with Crippen LogP contribution >= 0.6 is 0 Å². The van der Waals surface area contributed by atoms with E-state index < -0.39 is 11.7 Å². The maximum atomic E-state index is 12.6. The largest absolute Gasteiger partial charge is 0.507 e. The van der Waals surface area contributed by atoms with Crippen molar-refractivity contribution < 1.29 is 24.2 Å². The summed E-state index contributed by atoms with van der Waals surface area (Å²) in [5.41, 5.74) is 2.28. The molecule has 1 atom stereocenters. The van der Waals surface area contributed by atoms with E-state index in [1.165, 1.54) is 0 Å². The minimum Gasteiger partial charge on any atom is -0.507 e. The van der Waals surface area contributed by atoms with Crippen molar-refractivity contribution >= 4 is 12.2 Å². The van der Waals surface area contributed by atoms with Crippen molar-refractivity contribution in [2.45, 2.75) is 51.7 Å². The second kappa shape index (κ2) is 8.09. The van der Waals surface area contributed by atoms with E-state index in [9.17, 15) is 14.7 Å². The fourth-order valence-corrected chi connectivity index (χ4v) is 4.03. The lowest BCUT2D eigenvalue weighted by Crippen LogP contribution is -2.42. The Morgan fingerprint density at radius 3 is 2.84 bits per heavy atom. The molecule has 31 heavy (non-hydrogen) atoms. The van der Waals surface area contributed by atoms with Crippen molar-refractivity contribution in [2.24, 2.45) is 0 Å². The van der Waals surface area contributed by atoms with Crippen LogP contribution in [0.3, 0.4) is 0 Å². The number of pyridine rings is 1. The first-order chi connectivity index (χ1) is 14.7. The number of aromatic hydroxyl groups is 1. The van der Waals surface area contributed by atoms with Crippen LogP contribution in [0.5, 0.6) is 11.6 Å². The molecule has 0 radical (unpaired) electrons. The van der Waals surface area contributed by atoms with E-state index in [1.807, 2.05) is 32.9 Å². The lowest BCUT2D eigenvalue weighted by atomic mass is 9.87. The quantitative estimate of drug-likeness (QED) is 0.749. The molecule has 8 heteroatoms. The number of phenolic OH excluding ortho intramolecular Hbond substituents is 1. The van der Waals surface area contributed by atoms with Crippen LogP contribution in [-0.2, 0) is 11.3 Å². The summed E-state index contributed by atoms with van der Waals surface area (Å²) >= 11 is 0. The van der Waals surface area contributed by atoms with Crippen LogP contribution in [0, 0.1) is 0 Å². The number of ether oxygens (including phenoxy) is 2. The molecule has 3 heterocycles. The molecular formula is C23H27N3O5. The van der Waals surface area contributed by atoms with Gasteiger partial charge in [-0.1, -0.05) is 12.1 Å². The maximum absolute atomic E-state index is 12.6. The van der Waals surface area contributed by atoms with Crippen LogP contribution in [-0.4, -0.2) is 45.9 Å². The van der Waals surface area contributed by atoms with Crippen LogP contribution in [0.4, 0.5) is 9.59 Å². The van der Waals surface area contributed by atoms with Crippen molar-refractivity contribution in [2.75, 3.05) is 13.1 Å². The number of benzene rings is 1. The summed E-state index contributed by atoms with van der Waals surface area (Å²) in [6.45, 7) is 7.00. The molecule has 1 aromatic heterocycles. The summed E-state index contributed by atoms with van der Waals surface area (Å²) in [4.78, 5) is 30.7. The van der Waals surface area contributed by atoms with Crippen molar-refractivity contribution in [1.29, 1.82) is 0 Å². The van der Waals surface area contributed by atoms with Gasteiger partial charge in [0, 0.05) is 30.1 Å². The van der Waals surface area contributed by atoms with Gasteiger partial charge in [0.15, 0.2) is 0 Å². The molecule has 8 nitrogen and oxygen atoms in total. The summed E-state index contributed by atoms with van der Waals surface area (Å²) in [7, 11) is 0. The van der Waals surface area contributed by atoms with Gasteiger partial charge in [0.2, 0.25) is 5.88 Å². The number of amides is 2. The highest BCUT2D eigenvalue weighted by molar-refractivity contribution is 5.75. The van der Waals surface area contributed by atoms with Gasteiger partial charge >= 0.3 is 12.2 Å². The maximum Gasteiger partial charge on any atom is 0.414 e. The molecule has 1 unspecified atom stereocenters. The van der Waals surface area contributed by atoms with E-state index in [0.29, 0.717) is 30.9 Å². The molecule has 0 bridgehead atoms. The van der Waals surface area contributed by atoms with E-state index in [2.05, 4.69) is 10.3 Å². The highest BCUT2D eigenvalue weighted by Crippen LogP contribution is 2.38. The number of likely N-dealkylation sites (tertiary alicyclic amines) is 1. The Morgan fingerprint density at radius 1 is 1.32 bits per heavy atom. The van der Waals surface area contributed by atoms with Gasteiger partial charge in [-0.05, 0) is 57.4 Å². The van der Waals surface area contributed by atoms with Crippen LogP contribution in [0.25, 0.3) is 11.3 Å². The van der Waals surface area contributed by atoms with Crippen LogP contribution in [0.1, 0.15) is 50.7 Å². The number of nitrogens with zero attached hydrogens (tertiary/aromatic N) is 2. The number of phenols is 1. The third-order valence-electron chi connectivity index (χ3n) is 5.41. The minimum absolute atomic E-state index is 0.0289. The number of hydrogen-bond donors (Lipinski definition) is 2. The Balaban J connectivity index is 1.70. The molecule has 1 saturated heterocycles. The smallest absolute Gasteiger partial charge is 0.414 e. The van der Waals surface area contributed by atoms with Crippen molar-refractivity contribution in [3.05, 3.63) is 41.5 Å². The van der Waals surface area contributed by atoms with E-state index in [-0.39, 0.29) is 23.6 Å². The first-order valence-corrected chi connectivity index (χ1v) is 10.5. The zero-order chi connectivity index (χ0) is 22.2. The highest BCUT2D eigenvalue weighted by Gasteiger charge is 2.32. The second-order valence-electron chi connectivity index (χ2n) is 8.91.